The molecule has 27 heavy (non-hydrogen) atoms. The molecule has 2 bridgehead atoms. The van der Waals surface area contributed by atoms with Crippen LogP contribution in [-0.2, 0) is 4.74 Å². The maximum atomic E-state index is 12.6. The van der Waals surface area contributed by atoms with Crippen LogP contribution < -0.4 is 15.0 Å². The molecule has 0 aliphatic carbocycles. The quantitative estimate of drug-likeness (QED) is 0.703. The third-order valence-electron chi connectivity index (χ3n) is 5.68. The van der Waals surface area contributed by atoms with E-state index in [4.69, 9.17) is 9.47 Å². The van der Waals surface area contributed by atoms with E-state index in [2.05, 4.69) is 20.2 Å². The largest absolute Gasteiger partial charge is 0.475 e. The van der Waals surface area contributed by atoms with Gasteiger partial charge in [0.2, 0.25) is 5.88 Å². The lowest BCUT2D eigenvalue weighted by Gasteiger charge is -2.45. The number of aromatic nitrogens is 2. The number of rotatable bonds is 0. The number of carbonyl (C=O) groups excluding carboxylic acids is 2. The number of alkyl carbamates (subject to hydrolysis) is 1. The minimum absolute atomic E-state index is 0.0290. The zero-order chi connectivity index (χ0) is 18.5. The van der Waals surface area contributed by atoms with Crippen LogP contribution in [0.1, 0.15) is 12.8 Å². The number of fused-ring (bicyclic) bond motifs is 5. The zero-order valence-electron chi connectivity index (χ0n) is 14.8. The lowest BCUT2D eigenvalue weighted by atomic mass is 10.0. The van der Waals surface area contributed by atoms with Gasteiger partial charge in [0.1, 0.15) is 12.4 Å². The molecule has 140 valence electrons. The first-order valence-electron chi connectivity index (χ1n) is 9.02. The Morgan fingerprint density at radius 1 is 1.22 bits per heavy atom. The van der Waals surface area contributed by atoms with Crippen LogP contribution in [0.3, 0.4) is 0 Å². The van der Waals surface area contributed by atoms with E-state index in [0.717, 1.165) is 29.4 Å². The summed E-state index contributed by atoms with van der Waals surface area (Å²) < 4.78 is 10.9. The number of nitrogens with one attached hydrogen (secondary N) is 1. The minimum Gasteiger partial charge on any atom is -0.475 e. The van der Waals surface area contributed by atoms with Crippen LogP contribution in [0.5, 0.6) is 5.88 Å². The Kier molecular flexibility index (Phi) is 3.56. The second kappa shape index (κ2) is 5.97. The average Bonchev–Trinajstić information content (AvgIpc) is 2.91. The Morgan fingerprint density at radius 3 is 2.85 bits per heavy atom. The first-order valence-corrected chi connectivity index (χ1v) is 9.02. The first-order chi connectivity index (χ1) is 13.2. The van der Waals surface area contributed by atoms with Gasteiger partial charge in [-0.1, -0.05) is 0 Å². The van der Waals surface area contributed by atoms with Crippen molar-refractivity contribution >= 4 is 28.8 Å². The molecule has 3 aliphatic heterocycles. The number of hydrogen-bond acceptors (Lipinski definition) is 7. The van der Waals surface area contributed by atoms with E-state index < -0.39 is 12.2 Å². The number of carbonyl (C=O) groups is 2. The lowest BCUT2D eigenvalue weighted by Crippen LogP contribution is -2.63. The molecule has 5 rings (SSSR count). The monoisotopic (exact) mass is 369 g/mol. The molecule has 0 spiro atoms. The normalized spacial score (nSPS) is 25.4. The highest BCUT2D eigenvalue weighted by molar-refractivity contribution is 5.96. The van der Waals surface area contributed by atoms with Gasteiger partial charge >= 0.3 is 12.2 Å². The molecule has 3 atom stereocenters. The number of piperazine rings is 1. The number of nitrogens with zero attached hydrogens (tertiary/aromatic N) is 4. The molecule has 9 heteroatoms. The molecular formula is C18H19N5O4. The van der Waals surface area contributed by atoms with Gasteiger partial charge in [-0.05, 0) is 30.4 Å². The van der Waals surface area contributed by atoms with E-state index in [9.17, 15) is 9.59 Å². The van der Waals surface area contributed by atoms with E-state index >= 15 is 0 Å². The topological polar surface area (TPSA) is 96.9 Å². The summed E-state index contributed by atoms with van der Waals surface area (Å²) in [6.45, 7) is 1.01. The van der Waals surface area contributed by atoms with Crippen LogP contribution in [0.15, 0.2) is 24.5 Å². The van der Waals surface area contributed by atoms with Gasteiger partial charge in [-0.15, -0.1) is 0 Å². The van der Waals surface area contributed by atoms with Gasteiger partial charge in [-0.25, -0.2) is 19.6 Å². The molecule has 2 fully saturated rings. The molecule has 0 saturated carbocycles. The average molecular weight is 369 g/mol. The van der Waals surface area contributed by atoms with Crippen molar-refractivity contribution in [3.63, 3.8) is 0 Å². The Balaban J connectivity index is 1.52. The number of amides is 2. The summed E-state index contributed by atoms with van der Waals surface area (Å²) in [5.41, 5.74) is 0. The summed E-state index contributed by atoms with van der Waals surface area (Å²) in [5, 5.41) is 4.25. The molecule has 2 aromatic rings. The molecule has 5 heterocycles. The number of pyridine rings is 2. The molecule has 0 radical (unpaired) electrons. The second-order valence-corrected chi connectivity index (χ2v) is 6.99. The van der Waals surface area contributed by atoms with Crippen LogP contribution in [0.25, 0.3) is 10.8 Å². The second-order valence-electron chi connectivity index (χ2n) is 6.99. The van der Waals surface area contributed by atoms with E-state index in [1.54, 1.807) is 17.3 Å². The number of hydrogen-bond donors (Lipinski definition) is 1. The molecule has 3 aliphatic rings. The predicted molar refractivity (Wildman–Crippen MR) is 95.8 cm³/mol. The number of anilines is 1. The highest BCUT2D eigenvalue weighted by Crippen LogP contribution is 2.42. The molecule has 3 unspecified atom stereocenters. The van der Waals surface area contributed by atoms with Gasteiger partial charge in [0.15, 0.2) is 0 Å². The van der Waals surface area contributed by atoms with Crippen molar-refractivity contribution in [3.8, 4) is 5.88 Å². The van der Waals surface area contributed by atoms with Gasteiger partial charge < -0.3 is 19.7 Å². The third-order valence-corrected chi connectivity index (χ3v) is 5.68. The smallest absolute Gasteiger partial charge is 0.419 e. The highest BCUT2D eigenvalue weighted by Gasteiger charge is 2.51. The fourth-order valence-corrected chi connectivity index (χ4v) is 4.52. The summed E-state index contributed by atoms with van der Waals surface area (Å²) in [6.07, 6.45) is 3.85. The van der Waals surface area contributed by atoms with E-state index in [-0.39, 0.29) is 18.1 Å². The van der Waals surface area contributed by atoms with Crippen molar-refractivity contribution in [3.05, 3.63) is 24.5 Å². The van der Waals surface area contributed by atoms with Crippen LogP contribution in [0.2, 0.25) is 0 Å². The van der Waals surface area contributed by atoms with Crippen LogP contribution in [0.4, 0.5) is 15.4 Å². The standard InChI is InChI=1S/C18H19N5O4/c1-19-17(24)27-18(25)23-11-2-3-12(23)13-9-26-16-14-10(5-7-21-16)4-6-20-15(14)22(13)8-11/h4-7,11-13H,2-3,8-9H2,1H3,(H,19,24). The third kappa shape index (κ3) is 2.37. The van der Waals surface area contributed by atoms with Gasteiger partial charge in [0.05, 0.1) is 23.5 Å². The van der Waals surface area contributed by atoms with Crippen molar-refractivity contribution in [1.82, 2.24) is 20.2 Å². The van der Waals surface area contributed by atoms with Gasteiger partial charge in [0, 0.05) is 26.0 Å². The maximum absolute atomic E-state index is 12.6. The molecule has 2 saturated heterocycles. The predicted octanol–water partition coefficient (Wildman–Crippen LogP) is 1.52. The molecule has 9 nitrogen and oxygen atoms in total. The van der Waals surface area contributed by atoms with Crippen LogP contribution in [0, 0.1) is 0 Å². The number of ether oxygens (including phenoxy) is 2. The van der Waals surface area contributed by atoms with Crippen molar-refractivity contribution in [2.75, 3.05) is 25.1 Å². The zero-order valence-corrected chi connectivity index (χ0v) is 14.8. The van der Waals surface area contributed by atoms with Crippen molar-refractivity contribution in [1.29, 1.82) is 0 Å². The fourth-order valence-electron chi connectivity index (χ4n) is 4.52. The van der Waals surface area contributed by atoms with Gasteiger partial charge in [-0.2, -0.15) is 0 Å². The first kappa shape index (κ1) is 16.1. The minimum atomic E-state index is -0.748. The van der Waals surface area contributed by atoms with E-state index in [1.165, 1.54) is 7.05 Å². The maximum Gasteiger partial charge on any atom is 0.419 e. The van der Waals surface area contributed by atoms with Crippen LogP contribution in [-0.4, -0.2) is 65.4 Å². The van der Waals surface area contributed by atoms with Crippen molar-refractivity contribution in [2.24, 2.45) is 0 Å². The Morgan fingerprint density at radius 2 is 2.04 bits per heavy atom. The Bertz CT molecular complexity index is 930. The molecular weight excluding hydrogens is 350 g/mol. The SMILES string of the molecule is CNC(=O)OC(=O)N1C2CCC1C1COc3nccc4ccnc(c34)N1C2. The summed E-state index contributed by atoms with van der Waals surface area (Å²) in [7, 11) is 1.43. The highest BCUT2D eigenvalue weighted by atomic mass is 16.6. The summed E-state index contributed by atoms with van der Waals surface area (Å²) in [5.74, 6) is 1.41. The summed E-state index contributed by atoms with van der Waals surface area (Å²) in [6, 6.07) is 3.68. The molecule has 0 aromatic carbocycles. The summed E-state index contributed by atoms with van der Waals surface area (Å²) >= 11 is 0. The molecule has 1 N–H and O–H groups in total. The van der Waals surface area contributed by atoms with E-state index in [0.29, 0.717) is 19.0 Å². The Labute approximate surface area is 155 Å². The van der Waals surface area contributed by atoms with Crippen LogP contribution >= 0.6 is 0 Å². The Hall–Kier alpha value is -3.10. The molecule has 2 aromatic heterocycles. The van der Waals surface area contributed by atoms with Crippen molar-refractivity contribution < 1.29 is 19.1 Å². The van der Waals surface area contributed by atoms with Gasteiger partial charge in [-0.3, -0.25) is 4.90 Å². The van der Waals surface area contributed by atoms with Crippen molar-refractivity contribution in [2.45, 2.75) is 31.0 Å². The van der Waals surface area contributed by atoms with Gasteiger partial charge in [0.25, 0.3) is 0 Å². The van der Waals surface area contributed by atoms with E-state index in [1.807, 2.05) is 12.1 Å². The fraction of sp³-hybridized carbons (Fsp3) is 0.444. The lowest BCUT2D eigenvalue weighted by molar-refractivity contribution is 0.0787. The summed E-state index contributed by atoms with van der Waals surface area (Å²) in [4.78, 5) is 36.9. The molecule has 2 amide bonds.